The molecule has 0 bridgehead atoms. The van der Waals surface area contributed by atoms with Gasteiger partial charge in [-0.05, 0) is 31.4 Å². The Morgan fingerprint density at radius 2 is 2.12 bits per heavy atom. The van der Waals surface area contributed by atoms with Crippen molar-refractivity contribution in [2.24, 2.45) is 5.92 Å². The zero-order valence-electron chi connectivity index (χ0n) is 14.3. The molecule has 1 amide bonds. The van der Waals surface area contributed by atoms with E-state index in [-0.39, 0.29) is 23.7 Å². The summed E-state index contributed by atoms with van der Waals surface area (Å²) in [6, 6.07) is 6.70. The number of carbonyl (C=O) groups is 1. The zero-order chi connectivity index (χ0) is 17.5. The minimum absolute atomic E-state index is 0.220. The fraction of sp³-hybridized carbons (Fsp3) is 0.389. The van der Waals surface area contributed by atoms with Crippen molar-refractivity contribution in [1.29, 1.82) is 0 Å². The number of hydrogen-bond acceptors (Lipinski definition) is 4. The molecule has 128 valence electrons. The molecular formula is C18H23N3O3. The first-order chi connectivity index (χ1) is 11.5. The SMILES string of the molecule is Cc1c(OCC(=O)Nc2ccccn2)c(=O)ccn1CCC(C)C. The molecule has 0 spiro atoms. The number of carbonyl (C=O) groups excluding carboxylic acids is 1. The van der Waals surface area contributed by atoms with Crippen LogP contribution in [0, 0.1) is 12.8 Å². The minimum Gasteiger partial charge on any atom is -0.478 e. The van der Waals surface area contributed by atoms with E-state index in [0.717, 1.165) is 18.7 Å². The summed E-state index contributed by atoms with van der Waals surface area (Å²) in [4.78, 5) is 28.0. The maximum Gasteiger partial charge on any atom is 0.263 e. The minimum atomic E-state index is -0.356. The molecule has 0 aliphatic carbocycles. The fourth-order valence-electron chi connectivity index (χ4n) is 2.22. The van der Waals surface area contributed by atoms with Crippen LogP contribution in [0.2, 0.25) is 0 Å². The lowest BCUT2D eigenvalue weighted by molar-refractivity contribution is -0.118. The summed E-state index contributed by atoms with van der Waals surface area (Å²) in [5, 5.41) is 2.62. The Bertz CT molecular complexity index is 739. The van der Waals surface area contributed by atoms with Crippen molar-refractivity contribution >= 4 is 11.7 Å². The number of anilines is 1. The van der Waals surface area contributed by atoms with Crippen LogP contribution < -0.4 is 15.5 Å². The third-order valence-electron chi connectivity index (χ3n) is 3.62. The van der Waals surface area contributed by atoms with E-state index in [1.54, 1.807) is 30.6 Å². The van der Waals surface area contributed by atoms with Gasteiger partial charge in [-0.2, -0.15) is 0 Å². The van der Waals surface area contributed by atoms with E-state index in [2.05, 4.69) is 24.1 Å². The van der Waals surface area contributed by atoms with Gasteiger partial charge in [0.1, 0.15) is 5.82 Å². The van der Waals surface area contributed by atoms with Gasteiger partial charge in [0.15, 0.2) is 12.4 Å². The third-order valence-corrected chi connectivity index (χ3v) is 3.62. The van der Waals surface area contributed by atoms with Crippen molar-refractivity contribution in [1.82, 2.24) is 9.55 Å². The first kappa shape index (κ1) is 17.7. The second-order valence-corrected chi connectivity index (χ2v) is 6.02. The van der Waals surface area contributed by atoms with Gasteiger partial charge in [-0.15, -0.1) is 0 Å². The summed E-state index contributed by atoms with van der Waals surface area (Å²) in [7, 11) is 0. The third kappa shape index (κ3) is 4.94. The Hall–Kier alpha value is -2.63. The van der Waals surface area contributed by atoms with Crippen LogP contribution in [-0.2, 0) is 11.3 Å². The predicted octanol–water partition coefficient (Wildman–Crippen LogP) is 2.62. The number of aryl methyl sites for hydroxylation is 1. The standard InChI is InChI=1S/C18H23N3O3/c1-13(2)7-10-21-11-8-15(22)18(14(21)3)24-12-17(23)20-16-6-4-5-9-19-16/h4-6,8-9,11,13H,7,10,12H2,1-3H3,(H,19,20,23). The Morgan fingerprint density at radius 1 is 1.33 bits per heavy atom. The summed E-state index contributed by atoms with van der Waals surface area (Å²) in [6.07, 6.45) is 4.36. The van der Waals surface area contributed by atoms with Crippen LogP contribution in [0.25, 0.3) is 0 Å². The molecule has 0 saturated heterocycles. The molecule has 0 radical (unpaired) electrons. The molecule has 0 aromatic carbocycles. The number of nitrogens with zero attached hydrogens (tertiary/aromatic N) is 2. The van der Waals surface area contributed by atoms with Crippen LogP contribution in [0.3, 0.4) is 0 Å². The highest BCUT2D eigenvalue weighted by molar-refractivity contribution is 5.90. The van der Waals surface area contributed by atoms with Crippen molar-refractivity contribution in [3.05, 3.63) is 52.6 Å². The lowest BCUT2D eigenvalue weighted by atomic mass is 10.1. The molecule has 0 fully saturated rings. The van der Waals surface area contributed by atoms with Gasteiger partial charge in [-0.1, -0.05) is 19.9 Å². The highest BCUT2D eigenvalue weighted by Crippen LogP contribution is 2.14. The number of nitrogens with one attached hydrogen (secondary N) is 1. The van der Waals surface area contributed by atoms with Gasteiger partial charge in [0, 0.05) is 25.0 Å². The number of ether oxygens (including phenoxy) is 1. The number of pyridine rings is 2. The molecule has 0 aliphatic heterocycles. The monoisotopic (exact) mass is 329 g/mol. The van der Waals surface area contributed by atoms with Gasteiger partial charge in [-0.25, -0.2) is 4.98 Å². The van der Waals surface area contributed by atoms with Crippen molar-refractivity contribution in [2.45, 2.75) is 33.7 Å². The molecule has 2 heterocycles. The van der Waals surface area contributed by atoms with Crippen molar-refractivity contribution < 1.29 is 9.53 Å². The first-order valence-electron chi connectivity index (χ1n) is 8.01. The fourth-order valence-corrected chi connectivity index (χ4v) is 2.22. The van der Waals surface area contributed by atoms with E-state index < -0.39 is 0 Å². The maximum atomic E-state index is 12.0. The second kappa shape index (κ2) is 8.29. The molecule has 2 aromatic heterocycles. The van der Waals surface area contributed by atoms with Crippen molar-refractivity contribution in [2.75, 3.05) is 11.9 Å². The summed E-state index contributed by atoms with van der Waals surface area (Å²) < 4.78 is 7.46. The molecule has 0 aliphatic rings. The average Bonchev–Trinajstić information content (AvgIpc) is 2.54. The number of aromatic nitrogens is 2. The summed E-state index contributed by atoms with van der Waals surface area (Å²) >= 11 is 0. The average molecular weight is 329 g/mol. The molecule has 2 aromatic rings. The Labute approximate surface area is 141 Å². The van der Waals surface area contributed by atoms with E-state index in [4.69, 9.17) is 4.74 Å². The van der Waals surface area contributed by atoms with E-state index in [1.807, 2.05) is 11.5 Å². The topological polar surface area (TPSA) is 73.2 Å². The number of amides is 1. The predicted molar refractivity (Wildman–Crippen MR) is 93.3 cm³/mol. The molecular weight excluding hydrogens is 306 g/mol. The van der Waals surface area contributed by atoms with Gasteiger partial charge in [-0.3, -0.25) is 9.59 Å². The lowest BCUT2D eigenvalue weighted by Gasteiger charge is -2.15. The van der Waals surface area contributed by atoms with Gasteiger partial charge in [0.25, 0.3) is 5.91 Å². The molecule has 24 heavy (non-hydrogen) atoms. The summed E-state index contributed by atoms with van der Waals surface area (Å²) in [6.45, 7) is 6.70. The molecule has 0 saturated carbocycles. The Kier molecular flexibility index (Phi) is 6.12. The summed E-state index contributed by atoms with van der Waals surface area (Å²) in [5.74, 6) is 0.880. The molecule has 6 nitrogen and oxygen atoms in total. The van der Waals surface area contributed by atoms with Crippen LogP contribution in [0.4, 0.5) is 5.82 Å². The molecule has 0 atom stereocenters. The van der Waals surface area contributed by atoms with Crippen LogP contribution in [0.15, 0.2) is 41.5 Å². The van der Waals surface area contributed by atoms with Crippen LogP contribution in [0.1, 0.15) is 26.0 Å². The van der Waals surface area contributed by atoms with Crippen LogP contribution in [0.5, 0.6) is 5.75 Å². The molecule has 1 N–H and O–H groups in total. The van der Waals surface area contributed by atoms with Gasteiger partial charge in [0.2, 0.25) is 5.43 Å². The largest absolute Gasteiger partial charge is 0.478 e. The van der Waals surface area contributed by atoms with E-state index in [1.165, 1.54) is 6.07 Å². The van der Waals surface area contributed by atoms with E-state index >= 15 is 0 Å². The quantitative estimate of drug-likeness (QED) is 0.847. The smallest absolute Gasteiger partial charge is 0.263 e. The number of rotatable bonds is 7. The maximum absolute atomic E-state index is 12.0. The Morgan fingerprint density at radius 3 is 2.79 bits per heavy atom. The van der Waals surface area contributed by atoms with E-state index in [0.29, 0.717) is 11.7 Å². The molecule has 6 heteroatoms. The Balaban J connectivity index is 2.02. The molecule has 0 unspecified atom stereocenters. The van der Waals surface area contributed by atoms with Crippen molar-refractivity contribution in [3.8, 4) is 5.75 Å². The highest BCUT2D eigenvalue weighted by Gasteiger charge is 2.11. The second-order valence-electron chi connectivity index (χ2n) is 6.02. The van der Waals surface area contributed by atoms with Gasteiger partial charge in [0.05, 0.1) is 5.69 Å². The zero-order valence-corrected chi connectivity index (χ0v) is 14.3. The van der Waals surface area contributed by atoms with Crippen molar-refractivity contribution in [3.63, 3.8) is 0 Å². The normalized spacial score (nSPS) is 10.7. The number of hydrogen-bond donors (Lipinski definition) is 1. The van der Waals surface area contributed by atoms with Gasteiger partial charge >= 0.3 is 0 Å². The van der Waals surface area contributed by atoms with Gasteiger partial charge < -0.3 is 14.6 Å². The lowest BCUT2D eigenvalue weighted by Crippen LogP contribution is -2.24. The summed E-state index contributed by atoms with van der Waals surface area (Å²) in [5.41, 5.74) is 0.507. The molecule has 2 rings (SSSR count). The highest BCUT2D eigenvalue weighted by atomic mass is 16.5. The van der Waals surface area contributed by atoms with E-state index in [9.17, 15) is 9.59 Å². The first-order valence-corrected chi connectivity index (χ1v) is 8.01. The van der Waals surface area contributed by atoms with Crippen LogP contribution in [-0.4, -0.2) is 22.1 Å². The van der Waals surface area contributed by atoms with Crippen LogP contribution >= 0.6 is 0 Å².